The molecular formula is C16H14ClFO2. The van der Waals surface area contributed by atoms with E-state index < -0.39 is 0 Å². The summed E-state index contributed by atoms with van der Waals surface area (Å²) in [6.07, 6.45) is 1.23. The van der Waals surface area contributed by atoms with E-state index in [2.05, 4.69) is 0 Å². The van der Waals surface area contributed by atoms with E-state index in [4.69, 9.17) is 16.3 Å². The highest BCUT2D eigenvalue weighted by Gasteiger charge is 2.20. The standard InChI is InChI=1S/C16H14ClFO2/c17-12-2-5-15(18)11(7-12)9-20-13-3-4-14-10(8-13)1-6-16(14)19/h2-5,7-8,16,19H,1,6,9H2/t16-/m1/s1. The van der Waals surface area contributed by atoms with Gasteiger partial charge in [-0.15, -0.1) is 0 Å². The van der Waals surface area contributed by atoms with Crippen molar-refractivity contribution in [2.24, 2.45) is 0 Å². The number of hydrogen-bond donors (Lipinski definition) is 1. The number of hydrogen-bond acceptors (Lipinski definition) is 2. The Bertz CT molecular complexity index is 642. The van der Waals surface area contributed by atoms with Crippen molar-refractivity contribution in [3.05, 3.63) is 63.9 Å². The molecule has 0 heterocycles. The van der Waals surface area contributed by atoms with Crippen molar-refractivity contribution in [3.63, 3.8) is 0 Å². The normalized spacial score (nSPS) is 17.1. The van der Waals surface area contributed by atoms with E-state index in [0.717, 1.165) is 24.0 Å². The van der Waals surface area contributed by atoms with Crippen LogP contribution in [0.2, 0.25) is 5.02 Å². The van der Waals surface area contributed by atoms with Crippen LogP contribution >= 0.6 is 11.6 Å². The van der Waals surface area contributed by atoms with E-state index in [-0.39, 0.29) is 18.5 Å². The van der Waals surface area contributed by atoms with Crippen LogP contribution < -0.4 is 4.74 Å². The smallest absolute Gasteiger partial charge is 0.129 e. The number of aliphatic hydroxyl groups is 1. The Morgan fingerprint density at radius 3 is 2.95 bits per heavy atom. The average Bonchev–Trinajstić information content (AvgIpc) is 2.81. The summed E-state index contributed by atoms with van der Waals surface area (Å²) in [4.78, 5) is 0. The molecule has 0 saturated carbocycles. The van der Waals surface area contributed by atoms with Crippen LogP contribution in [0.5, 0.6) is 5.75 Å². The molecule has 1 aliphatic rings. The van der Waals surface area contributed by atoms with Gasteiger partial charge in [0.25, 0.3) is 0 Å². The van der Waals surface area contributed by atoms with Crippen molar-refractivity contribution in [1.29, 1.82) is 0 Å². The van der Waals surface area contributed by atoms with Gasteiger partial charge in [-0.25, -0.2) is 4.39 Å². The molecule has 104 valence electrons. The van der Waals surface area contributed by atoms with Crippen LogP contribution in [0, 0.1) is 5.82 Å². The van der Waals surface area contributed by atoms with E-state index in [0.29, 0.717) is 16.3 Å². The summed E-state index contributed by atoms with van der Waals surface area (Å²) < 4.78 is 19.2. The zero-order chi connectivity index (χ0) is 14.1. The van der Waals surface area contributed by atoms with E-state index in [1.165, 1.54) is 12.1 Å². The largest absolute Gasteiger partial charge is 0.489 e. The van der Waals surface area contributed by atoms with Gasteiger partial charge in [-0.3, -0.25) is 0 Å². The van der Waals surface area contributed by atoms with Crippen molar-refractivity contribution in [2.45, 2.75) is 25.6 Å². The topological polar surface area (TPSA) is 29.5 Å². The zero-order valence-corrected chi connectivity index (χ0v) is 11.5. The number of aliphatic hydroxyl groups excluding tert-OH is 1. The lowest BCUT2D eigenvalue weighted by Crippen LogP contribution is -1.99. The molecule has 0 aromatic heterocycles. The van der Waals surface area contributed by atoms with Gasteiger partial charge in [0.2, 0.25) is 0 Å². The Morgan fingerprint density at radius 1 is 1.25 bits per heavy atom. The van der Waals surface area contributed by atoms with Gasteiger partial charge in [-0.1, -0.05) is 17.7 Å². The highest BCUT2D eigenvalue weighted by Crippen LogP contribution is 2.33. The molecule has 1 N–H and O–H groups in total. The van der Waals surface area contributed by atoms with Crippen LogP contribution in [-0.4, -0.2) is 5.11 Å². The number of fused-ring (bicyclic) bond motifs is 1. The van der Waals surface area contributed by atoms with Gasteiger partial charge in [-0.2, -0.15) is 0 Å². The first-order valence-corrected chi connectivity index (χ1v) is 6.89. The molecule has 0 spiro atoms. The molecule has 0 saturated heterocycles. The predicted octanol–water partition coefficient (Wildman–Crippen LogP) is 4.04. The molecule has 0 aliphatic heterocycles. The highest BCUT2D eigenvalue weighted by atomic mass is 35.5. The number of benzene rings is 2. The summed E-state index contributed by atoms with van der Waals surface area (Å²) in [6, 6.07) is 9.99. The lowest BCUT2D eigenvalue weighted by molar-refractivity contribution is 0.180. The third-order valence-electron chi connectivity index (χ3n) is 3.56. The Hall–Kier alpha value is -1.58. The molecule has 1 aliphatic carbocycles. The first kappa shape index (κ1) is 13.4. The van der Waals surface area contributed by atoms with Crippen LogP contribution in [0.15, 0.2) is 36.4 Å². The van der Waals surface area contributed by atoms with Crippen molar-refractivity contribution in [1.82, 2.24) is 0 Å². The van der Waals surface area contributed by atoms with Crippen LogP contribution in [-0.2, 0) is 13.0 Å². The van der Waals surface area contributed by atoms with Crippen LogP contribution in [0.1, 0.15) is 29.2 Å². The maximum absolute atomic E-state index is 13.6. The minimum Gasteiger partial charge on any atom is -0.489 e. The molecule has 0 fully saturated rings. The minimum absolute atomic E-state index is 0.133. The molecule has 0 unspecified atom stereocenters. The second-order valence-corrected chi connectivity index (χ2v) is 5.38. The zero-order valence-electron chi connectivity index (χ0n) is 10.8. The third kappa shape index (κ3) is 2.65. The summed E-state index contributed by atoms with van der Waals surface area (Å²) in [6.45, 7) is 0.133. The number of halogens is 2. The second-order valence-electron chi connectivity index (χ2n) is 4.94. The fourth-order valence-corrected chi connectivity index (χ4v) is 2.67. The summed E-state index contributed by atoms with van der Waals surface area (Å²) >= 11 is 5.84. The molecule has 3 rings (SSSR count). The van der Waals surface area contributed by atoms with Gasteiger partial charge in [0.15, 0.2) is 0 Å². The van der Waals surface area contributed by atoms with Crippen LogP contribution in [0.3, 0.4) is 0 Å². The van der Waals surface area contributed by atoms with Crippen LogP contribution in [0.4, 0.5) is 4.39 Å². The predicted molar refractivity (Wildman–Crippen MR) is 75.5 cm³/mol. The van der Waals surface area contributed by atoms with Crippen molar-refractivity contribution < 1.29 is 14.2 Å². The van der Waals surface area contributed by atoms with Crippen molar-refractivity contribution >= 4 is 11.6 Å². The van der Waals surface area contributed by atoms with Crippen molar-refractivity contribution in [2.75, 3.05) is 0 Å². The number of ether oxygens (including phenoxy) is 1. The van der Waals surface area contributed by atoms with E-state index in [1.807, 2.05) is 12.1 Å². The summed E-state index contributed by atoms with van der Waals surface area (Å²) in [7, 11) is 0. The Labute approximate surface area is 121 Å². The van der Waals surface area contributed by atoms with Gasteiger partial charge in [0.1, 0.15) is 18.2 Å². The average molecular weight is 293 g/mol. The van der Waals surface area contributed by atoms with Gasteiger partial charge < -0.3 is 9.84 Å². The summed E-state index contributed by atoms with van der Waals surface area (Å²) in [5, 5.41) is 10.2. The van der Waals surface area contributed by atoms with Gasteiger partial charge in [-0.05, 0) is 54.3 Å². The first-order chi connectivity index (χ1) is 9.63. The quantitative estimate of drug-likeness (QED) is 0.925. The summed E-state index contributed by atoms with van der Waals surface area (Å²) in [5.74, 6) is 0.350. The Morgan fingerprint density at radius 2 is 2.10 bits per heavy atom. The lowest BCUT2D eigenvalue weighted by Gasteiger charge is -2.10. The number of aryl methyl sites for hydroxylation is 1. The Kier molecular flexibility index (Phi) is 3.64. The van der Waals surface area contributed by atoms with Gasteiger partial charge >= 0.3 is 0 Å². The second kappa shape index (κ2) is 5.43. The highest BCUT2D eigenvalue weighted by molar-refractivity contribution is 6.30. The Balaban J connectivity index is 1.74. The molecule has 0 radical (unpaired) electrons. The van der Waals surface area contributed by atoms with E-state index in [9.17, 15) is 9.50 Å². The van der Waals surface area contributed by atoms with Crippen molar-refractivity contribution in [3.8, 4) is 5.75 Å². The fraction of sp³-hybridized carbons (Fsp3) is 0.250. The molecule has 4 heteroatoms. The minimum atomic E-state index is -0.371. The first-order valence-electron chi connectivity index (χ1n) is 6.51. The SMILES string of the molecule is O[C@@H]1CCc2cc(OCc3cc(Cl)ccc3F)ccc21. The molecule has 0 amide bonds. The van der Waals surface area contributed by atoms with Gasteiger partial charge in [0, 0.05) is 10.6 Å². The summed E-state index contributed by atoms with van der Waals surface area (Å²) in [5.41, 5.74) is 2.49. The molecule has 20 heavy (non-hydrogen) atoms. The monoisotopic (exact) mass is 292 g/mol. The molecule has 2 aromatic rings. The van der Waals surface area contributed by atoms with E-state index in [1.54, 1.807) is 12.1 Å². The third-order valence-corrected chi connectivity index (χ3v) is 3.80. The maximum atomic E-state index is 13.6. The number of rotatable bonds is 3. The molecule has 2 nitrogen and oxygen atoms in total. The molecule has 1 atom stereocenters. The van der Waals surface area contributed by atoms with E-state index >= 15 is 0 Å². The fourth-order valence-electron chi connectivity index (χ4n) is 2.48. The molecule has 0 bridgehead atoms. The molecule has 2 aromatic carbocycles. The van der Waals surface area contributed by atoms with Crippen LogP contribution in [0.25, 0.3) is 0 Å². The molecular weight excluding hydrogens is 279 g/mol. The van der Waals surface area contributed by atoms with Gasteiger partial charge in [0.05, 0.1) is 6.10 Å². The maximum Gasteiger partial charge on any atom is 0.129 e. The lowest BCUT2D eigenvalue weighted by atomic mass is 10.1.